The van der Waals surface area contributed by atoms with Gasteiger partial charge >= 0.3 is 0 Å². The summed E-state index contributed by atoms with van der Waals surface area (Å²) in [5.41, 5.74) is 16.2. The maximum atomic E-state index is 2.44. The van der Waals surface area contributed by atoms with E-state index in [4.69, 9.17) is 0 Å². The van der Waals surface area contributed by atoms with Gasteiger partial charge in [0.05, 0.1) is 11.1 Å². The van der Waals surface area contributed by atoms with E-state index in [0.29, 0.717) is 0 Å². The van der Waals surface area contributed by atoms with Crippen molar-refractivity contribution in [1.82, 2.24) is 0 Å². The number of benzene rings is 7. The lowest BCUT2D eigenvalue weighted by Gasteiger charge is -2.46. The molecule has 2 aliphatic rings. The molecule has 0 fully saturated rings. The largest absolute Gasteiger partial charge is 0.310 e. The van der Waals surface area contributed by atoms with Gasteiger partial charge in [-0.3, -0.25) is 0 Å². The molecule has 7 aromatic rings. The topological polar surface area (TPSA) is 3.24 Å². The van der Waals surface area contributed by atoms with Gasteiger partial charge in [-0.2, -0.15) is 0 Å². The average Bonchev–Trinajstić information content (AvgIpc) is 3.44. The fraction of sp³-hybridized carbons (Fsp3) is 0.0870. The second kappa shape index (κ2) is 10.4. The van der Waals surface area contributed by atoms with E-state index in [1.165, 1.54) is 61.3 Å². The molecule has 0 amide bonds. The van der Waals surface area contributed by atoms with Gasteiger partial charge in [-0.15, -0.1) is 0 Å². The minimum atomic E-state index is -0.426. The molecule has 224 valence electrons. The Morgan fingerprint density at radius 2 is 0.830 bits per heavy atom. The van der Waals surface area contributed by atoms with Crippen molar-refractivity contribution in [3.8, 4) is 22.3 Å². The smallest absolute Gasteiger partial charge is 0.0720 e. The second-order valence-electron chi connectivity index (χ2n) is 13.3. The summed E-state index contributed by atoms with van der Waals surface area (Å²) < 4.78 is 0. The Kier molecular flexibility index (Phi) is 6.14. The molecule has 47 heavy (non-hydrogen) atoms. The lowest BCUT2D eigenvalue weighted by Crippen LogP contribution is -2.40. The van der Waals surface area contributed by atoms with Crippen molar-refractivity contribution in [3.63, 3.8) is 0 Å². The molecule has 9 rings (SSSR count). The van der Waals surface area contributed by atoms with Crippen LogP contribution in [0.1, 0.15) is 47.2 Å². The average molecular weight is 602 g/mol. The van der Waals surface area contributed by atoms with E-state index in [-0.39, 0.29) is 5.41 Å². The Balaban J connectivity index is 1.34. The summed E-state index contributed by atoms with van der Waals surface area (Å²) >= 11 is 0. The molecule has 0 heterocycles. The number of hydrogen-bond donors (Lipinski definition) is 0. The molecule has 1 heteroatoms. The highest BCUT2D eigenvalue weighted by atomic mass is 15.1. The highest BCUT2D eigenvalue weighted by Gasteiger charge is 2.53. The monoisotopic (exact) mass is 601 g/mol. The zero-order valence-corrected chi connectivity index (χ0v) is 26.7. The van der Waals surface area contributed by atoms with E-state index in [0.717, 1.165) is 11.4 Å². The summed E-state index contributed by atoms with van der Waals surface area (Å²) in [6.45, 7) is 4.76. The van der Waals surface area contributed by atoms with Crippen LogP contribution in [-0.4, -0.2) is 0 Å². The van der Waals surface area contributed by atoms with Crippen LogP contribution in [0, 0.1) is 0 Å². The second-order valence-corrected chi connectivity index (χ2v) is 13.3. The van der Waals surface area contributed by atoms with Gasteiger partial charge in [0.2, 0.25) is 0 Å². The molecule has 0 bridgehead atoms. The van der Waals surface area contributed by atoms with Crippen LogP contribution in [0.2, 0.25) is 0 Å². The zero-order valence-electron chi connectivity index (χ0n) is 26.7. The van der Waals surface area contributed by atoms with Crippen molar-refractivity contribution in [2.45, 2.75) is 24.7 Å². The third kappa shape index (κ3) is 3.90. The number of para-hydroxylation sites is 1. The SMILES string of the molecule is CC1(C)c2ccccc2C2(c3ccccc3-c3c(N(c4ccccc4)c4ccc(-c5ccccc5)cc4)cccc32)c2ccccc21. The lowest BCUT2D eigenvalue weighted by atomic mass is 9.55. The van der Waals surface area contributed by atoms with E-state index in [9.17, 15) is 0 Å². The maximum absolute atomic E-state index is 2.44. The Morgan fingerprint density at radius 3 is 1.47 bits per heavy atom. The Morgan fingerprint density at radius 1 is 0.362 bits per heavy atom. The first kappa shape index (κ1) is 27.6. The van der Waals surface area contributed by atoms with E-state index < -0.39 is 5.41 Å². The molecule has 0 aliphatic heterocycles. The van der Waals surface area contributed by atoms with Crippen LogP contribution in [0.15, 0.2) is 176 Å². The van der Waals surface area contributed by atoms with Crippen LogP contribution in [0.25, 0.3) is 22.3 Å². The summed E-state index contributed by atoms with van der Waals surface area (Å²) in [6, 6.07) is 64.8. The van der Waals surface area contributed by atoms with Crippen molar-refractivity contribution in [2.75, 3.05) is 4.90 Å². The number of anilines is 3. The summed E-state index contributed by atoms with van der Waals surface area (Å²) in [7, 11) is 0. The van der Waals surface area contributed by atoms with Gasteiger partial charge < -0.3 is 4.90 Å². The zero-order chi connectivity index (χ0) is 31.6. The summed E-state index contributed by atoms with van der Waals surface area (Å²) in [5, 5.41) is 0. The molecule has 1 nitrogen and oxygen atoms in total. The van der Waals surface area contributed by atoms with Crippen molar-refractivity contribution < 1.29 is 0 Å². The van der Waals surface area contributed by atoms with Crippen LogP contribution in [-0.2, 0) is 10.8 Å². The van der Waals surface area contributed by atoms with Crippen LogP contribution < -0.4 is 4.90 Å². The van der Waals surface area contributed by atoms with Gasteiger partial charge in [-0.25, -0.2) is 0 Å². The highest BCUT2D eigenvalue weighted by molar-refractivity contribution is 5.98. The first-order chi connectivity index (χ1) is 23.1. The van der Waals surface area contributed by atoms with Crippen LogP contribution >= 0.6 is 0 Å². The van der Waals surface area contributed by atoms with Crippen molar-refractivity contribution in [3.05, 3.63) is 209 Å². The Labute approximate surface area is 277 Å². The Bertz CT molecular complexity index is 2210. The lowest BCUT2D eigenvalue weighted by molar-refractivity contribution is 0.563. The van der Waals surface area contributed by atoms with Gasteiger partial charge in [0, 0.05) is 22.4 Å². The third-order valence-corrected chi connectivity index (χ3v) is 10.5. The molecule has 2 aliphatic carbocycles. The predicted molar refractivity (Wildman–Crippen MR) is 196 cm³/mol. The third-order valence-electron chi connectivity index (χ3n) is 10.5. The van der Waals surface area contributed by atoms with E-state index in [1.807, 2.05) is 0 Å². The minimum absolute atomic E-state index is 0.121. The quantitative estimate of drug-likeness (QED) is 0.194. The van der Waals surface area contributed by atoms with Gasteiger partial charge in [0.1, 0.15) is 0 Å². The molecule has 0 radical (unpaired) electrons. The van der Waals surface area contributed by atoms with Gasteiger partial charge in [0.15, 0.2) is 0 Å². The normalized spacial score (nSPS) is 14.5. The molecular formula is C46H35N. The van der Waals surface area contributed by atoms with E-state index in [2.05, 4.69) is 195 Å². The van der Waals surface area contributed by atoms with Gasteiger partial charge in [-0.1, -0.05) is 159 Å². The number of nitrogens with zero attached hydrogens (tertiary/aromatic N) is 1. The Hall–Kier alpha value is -5.66. The number of fused-ring (bicyclic) bond motifs is 9. The fourth-order valence-corrected chi connectivity index (χ4v) is 8.51. The molecule has 0 saturated carbocycles. The summed E-state index contributed by atoms with van der Waals surface area (Å²) in [4.78, 5) is 2.44. The van der Waals surface area contributed by atoms with Crippen molar-refractivity contribution in [1.29, 1.82) is 0 Å². The fourth-order valence-electron chi connectivity index (χ4n) is 8.51. The predicted octanol–water partition coefficient (Wildman–Crippen LogP) is 11.8. The first-order valence-corrected chi connectivity index (χ1v) is 16.5. The number of rotatable bonds is 4. The van der Waals surface area contributed by atoms with Crippen LogP contribution in [0.4, 0.5) is 17.1 Å². The molecule has 0 unspecified atom stereocenters. The first-order valence-electron chi connectivity index (χ1n) is 16.5. The van der Waals surface area contributed by atoms with Crippen molar-refractivity contribution >= 4 is 17.1 Å². The van der Waals surface area contributed by atoms with Gasteiger partial charge in [-0.05, 0) is 80.4 Å². The molecule has 0 saturated heterocycles. The van der Waals surface area contributed by atoms with E-state index >= 15 is 0 Å². The molecular weight excluding hydrogens is 567 g/mol. The standard InChI is InChI=1S/C46H35N/c1-45(2)38-22-11-13-24-40(38)46(41-25-14-12-23-39(41)45)37-21-10-9-20-36(37)44-42(46)26-15-27-43(44)47(34-18-7-4-8-19-34)35-30-28-33(29-31-35)32-16-5-3-6-17-32/h3-31H,1-2H3. The number of hydrogen-bond acceptors (Lipinski definition) is 1. The molecule has 0 aromatic heterocycles. The molecule has 0 N–H and O–H groups in total. The minimum Gasteiger partial charge on any atom is -0.310 e. The molecule has 7 aromatic carbocycles. The molecule has 1 spiro atoms. The summed E-state index contributed by atoms with van der Waals surface area (Å²) in [5.74, 6) is 0. The highest BCUT2D eigenvalue weighted by Crippen LogP contribution is 2.64. The van der Waals surface area contributed by atoms with Crippen LogP contribution in [0.5, 0.6) is 0 Å². The summed E-state index contributed by atoms with van der Waals surface area (Å²) in [6.07, 6.45) is 0. The van der Waals surface area contributed by atoms with E-state index in [1.54, 1.807) is 0 Å². The molecule has 0 atom stereocenters. The maximum Gasteiger partial charge on any atom is 0.0720 e. The van der Waals surface area contributed by atoms with Gasteiger partial charge in [0.25, 0.3) is 0 Å². The van der Waals surface area contributed by atoms with Crippen LogP contribution in [0.3, 0.4) is 0 Å². The van der Waals surface area contributed by atoms with Crippen molar-refractivity contribution in [2.24, 2.45) is 0 Å².